The number of hydrogen-bond acceptors (Lipinski definition) is 3. The number of rotatable bonds is 10. The minimum Gasteiger partial charge on any atom is -0.494 e. The molecule has 122 valence electrons. The molecule has 2 N–H and O–H groups in total. The van der Waals surface area contributed by atoms with Gasteiger partial charge >= 0.3 is 5.97 Å². The molecule has 0 aliphatic heterocycles. The first-order valence-corrected chi connectivity index (χ1v) is 7.96. The Balaban J connectivity index is 1.52. The van der Waals surface area contributed by atoms with E-state index in [1.165, 1.54) is 5.56 Å². The topological polar surface area (TPSA) is 58.6 Å². The van der Waals surface area contributed by atoms with Crippen LogP contribution in [-0.2, 0) is 6.42 Å². The van der Waals surface area contributed by atoms with Crippen molar-refractivity contribution in [2.24, 2.45) is 0 Å². The summed E-state index contributed by atoms with van der Waals surface area (Å²) in [4.78, 5) is 10.9. The van der Waals surface area contributed by atoms with Crippen molar-refractivity contribution >= 4 is 5.97 Å². The molecule has 0 saturated carbocycles. The van der Waals surface area contributed by atoms with Gasteiger partial charge in [-0.2, -0.15) is 0 Å². The molecule has 4 heteroatoms. The van der Waals surface area contributed by atoms with Crippen LogP contribution in [0.2, 0.25) is 0 Å². The Labute approximate surface area is 137 Å². The number of nitrogens with one attached hydrogen (secondary N) is 1. The summed E-state index contributed by atoms with van der Waals surface area (Å²) in [6, 6.07) is 17.1. The molecule has 2 aromatic rings. The highest BCUT2D eigenvalue weighted by atomic mass is 16.5. The third-order valence-corrected chi connectivity index (χ3v) is 3.51. The van der Waals surface area contributed by atoms with E-state index >= 15 is 0 Å². The average Bonchev–Trinajstić information content (AvgIpc) is 2.58. The molecule has 0 atom stereocenters. The Morgan fingerprint density at radius 3 is 2.57 bits per heavy atom. The lowest BCUT2D eigenvalue weighted by Crippen LogP contribution is -2.19. The number of aromatic carboxylic acids is 1. The molecule has 0 saturated heterocycles. The van der Waals surface area contributed by atoms with E-state index in [0.29, 0.717) is 12.4 Å². The second-order valence-electron chi connectivity index (χ2n) is 5.37. The maximum Gasteiger partial charge on any atom is 0.335 e. The van der Waals surface area contributed by atoms with Gasteiger partial charge in [-0.25, -0.2) is 4.79 Å². The lowest BCUT2D eigenvalue weighted by Gasteiger charge is -2.08. The van der Waals surface area contributed by atoms with Crippen molar-refractivity contribution < 1.29 is 14.6 Å². The van der Waals surface area contributed by atoms with E-state index in [1.54, 1.807) is 24.3 Å². The molecule has 0 aliphatic carbocycles. The SMILES string of the molecule is O=C(O)c1cccc(OCCCNCCCc2ccccc2)c1. The largest absolute Gasteiger partial charge is 0.494 e. The molecule has 0 spiro atoms. The van der Waals surface area contributed by atoms with Crippen molar-refractivity contribution in [1.29, 1.82) is 0 Å². The summed E-state index contributed by atoms with van der Waals surface area (Å²) in [7, 11) is 0. The van der Waals surface area contributed by atoms with Gasteiger partial charge in [-0.05, 0) is 56.1 Å². The fourth-order valence-electron chi connectivity index (χ4n) is 2.29. The van der Waals surface area contributed by atoms with Crippen LogP contribution in [0.1, 0.15) is 28.8 Å². The molecular formula is C19H23NO3. The maximum atomic E-state index is 10.9. The Morgan fingerprint density at radius 1 is 1.00 bits per heavy atom. The lowest BCUT2D eigenvalue weighted by atomic mass is 10.1. The fraction of sp³-hybridized carbons (Fsp3) is 0.316. The molecule has 0 unspecified atom stereocenters. The van der Waals surface area contributed by atoms with E-state index in [4.69, 9.17) is 9.84 Å². The first kappa shape index (κ1) is 17.0. The highest BCUT2D eigenvalue weighted by Crippen LogP contribution is 2.13. The molecule has 0 aromatic heterocycles. The van der Waals surface area contributed by atoms with Gasteiger partial charge in [0.05, 0.1) is 12.2 Å². The number of carbonyl (C=O) groups is 1. The van der Waals surface area contributed by atoms with Gasteiger partial charge in [-0.15, -0.1) is 0 Å². The van der Waals surface area contributed by atoms with Crippen molar-refractivity contribution in [1.82, 2.24) is 5.32 Å². The molecule has 2 rings (SSSR count). The standard InChI is InChI=1S/C19H23NO3/c21-19(22)17-10-4-11-18(15-17)23-14-6-13-20-12-5-9-16-7-2-1-3-8-16/h1-4,7-8,10-11,15,20H,5-6,9,12-14H2,(H,21,22). The molecule has 0 heterocycles. The van der Waals surface area contributed by atoms with Crippen molar-refractivity contribution in [3.05, 3.63) is 65.7 Å². The van der Waals surface area contributed by atoms with Gasteiger partial charge in [0.1, 0.15) is 5.75 Å². The van der Waals surface area contributed by atoms with E-state index in [0.717, 1.165) is 32.4 Å². The quantitative estimate of drug-likeness (QED) is 0.660. The normalized spacial score (nSPS) is 10.4. The highest BCUT2D eigenvalue weighted by Gasteiger charge is 2.03. The van der Waals surface area contributed by atoms with E-state index in [-0.39, 0.29) is 5.56 Å². The minimum absolute atomic E-state index is 0.251. The molecule has 0 amide bonds. The number of benzene rings is 2. The maximum absolute atomic E-state index is 10.9. The van der Waals surface area contributed by atoms with Gasteiger partial charge in [0, 0.05) is 0 Å². The average molecular weight is 313 g/mol. The molecule has 0 radical (unpaired) electrons. The summed E-state index contributed by atoms with van der Waals surface area (Å²) in [5, 5.41) is 12.3. The van der Waals surface area contributed by atoms with Crippen LogP contribution < -0.4 is 10.1 Å². The summed E-state index contributed by atoms with van der Waals surface area (Å²) >= 11 is 0. The molecule has 4 nitrogen and oxygen atoms in total. The van der Waals surface area contributed by atoms with E-state index < -0.39 is 5.97 Å². The van der Waals surface area contributed by atoms with Crippen LogP contribution in [0, 0.1) is 0 Å². The van der Waals surface area contributed by atoms with E-state index in [1.807, 2.05) is 6.07 Å². The van der Waals surface area contributed by atoms with Crippen molar-refractivity contribution in [3.8, 4) is 5.75 Å². The monoisotopic (exact) mass is 313 g/mol. The van der Waals surface area contributed by atoms with Crippen LogP contribution in [0.3, 0.4) is 0 Å². The molecule has 0 fully saturated rings. The van der Waals surface area contributed by atoms with E-state index in [2.05, 4.69) is 29.6 Å². The third kappa shape index (κ3) is 6.53. The highest BCUT2D eigenvalue weighted by molar-refractivity contribution is 5.87. The summed E-state index contributed by atoms with van der Waals surface area (Å²) in [6.07, 6.45) is 3.10. The second-order valence-corrected chi connectivity index (χ2v) is 5.37. The summed E-state index contributed by atoms with van der Waals surface area (Å²) in [5.41, 5.74) is 1.62. The Morgan fingerprint density at radius 2 is 1.78 bits per heavy atom. The van der Waals surface area contributed by atoms with Crippen LogP contribution in [0.15, 0.2) is 54.6 Å². The number of hydrogen-bond donors (Lipinski definition) is 2. The lowest BCUT2D eigenvalue weighted by molar-refractivity contribution is 0.0696. The van der Waals surface area contributed by atoms with Crippen LogP contribution in [0.4, 0.5) is 0 Å². The Hall–Kier alpha value is -2.33. The second kappa shape index (κ2) is 9.64. The van der Waals surface area contributed by atoms with Crippen LogP contribution >= 0.6 is 0 Å². The molecule has 2 aromatic carbocycles. The van der Waals surface area contributed by atoms with E-state index in [9.17, 15) is 4.79 Å². The van der Waals surface area contributed by atoms with Gasteiger partial charge in [0.15, 0.2) is 0 Å². The predicted octanol–water partition coefficient (Wildman–Crippen LogP) is 3.38. The number of carboxylic acid groups (broad SMARTS) is 1. The number of ether oxygens (including phenoxy) is 1. The first-order chi connectivity index (χ1) is 11.3. The van der Waals surface area contributed by atoms with Crippen LogP contribution in [0.25, 0.3) is 0 Å². The summed E-state index contributed by atoms with van der Waals surface area (Å²) in [6.45, 7) is 2.46. The number of carboxylic acids is 1. The van der Waals surface area contributed by atoms with Gasteiger partial charge in [0.2, 0.25) is 0 Å². The van der Waals surface area contributed by atoms with Gasteiger partial charge < -0.3 is 15.2 Å². The zero-order chi connectivity index (χ0) is 16.3. The number of aryl methyl sites for hydroxylation is 1. The van der Waals surface area contributed by atoms with Crippen LogP contribution in [0.5, 0.6) is 5.75 Å². The van der Waals surface area contributed by atoms with Gasteiger partial charge in [-0.3, -0.25) is 0 Å². The molecule has 0 aliphatic rings. The van der Waals surface area contributed by atoms with Crippen LogP contribution in [-0.4, -0.2) is 30.8 Å². The minimum atomic E-state index is -0.935. The fourth-order valence-corrected chi connectivity index (χ4v) is 2.29. The van der Waals surface area contributed by atoms with Crippen molar-refractivity contribution in [3.63, 3.8) is 0 Å². The molecular weight excluding hydrogens is 290 g/mol. The first-order valence-electron chi connectivity index (χ1n) is 7.96. The van der Waals surface area contributed by atoms with Gasteiger partial charge in [-0.1, -0.05) is 36.4 Å². The molecule has 0 bridgehead atoms. The zero-order valence-corrected chi connectivity index (χ0v) is 13.2. The van der Waals surface area contributed by atoms with Gasteiger partial charge in [0.25, 0.3) is 0 Å². The summed E-state index contributed by atoms with van der Waals surface area (Å²) < 4.78 is 5.57. The summed E-state index contributed by atoms with van der Waals surface area (Å²) in [5.74, 6) is -0.329. The third-order valence-electron chi connectivity index (χ3n) is 3.51. The zero-order valence-electron chi connectivity index (χ0n) is 13.2. The van der Waals surface area contributed by atoms with Crippen molar-refractivity contribution in [2.45, 2.75) is 19.3 Å². The molecule has 23 heavy (non-hydrogen) atoms. The smallest absolute Gasteiger partial charge is 0.335 e. The predicted molar refractivity (Wildman–Crippen MR) is 91.1 cm³/mol. The Bertz CT molecular complexity index is 599. The van der Waals surface area contributed by atoms with Crippen molar-refractivity contribution in [2.75, 3.05) is 19.7 Å². The Kier molecular flexibility index (Phi) is 7.14.